The number of nitrogens with one attached hydrogen (secondary N) is 1. The van der Waals surface area contributed by atoms with Crippen LogP contribution in [0.25, 0.3) is 0 Å². The normalized spacial score (nSPS) is 23.8. The fraction of sp³-hybridized carbons (Fsp3) is 0.923. The van der Waals surface area contributed by atoms with E-state index in [1.165, 1.54) is 19.4 Å². The Balaban J connectivity index is 1.67. The van der Waals surface area contributed by atoms with E-state index < -0.39 is 0 Å². The molecule has 4 heteroatoms. The molecule has 0 aromatic rings. The van der Waals surface area contributed by atoms with Gasteiger partial charge in [-0.25, -0.2) is 0 Å². The number of piperidine rings is 1. The highest BCUT2D eigenvalue weighted by Crippen LogP contribution is 2.28. The lowest BCUT2D eigenvalue weighted by Gasteiger charge is -2.33. The summed E-state index contributed by atoms with van der Waals surface area (Å²) in [5.74, 6) is 1.27. The van der Waals surface area contributed by atoms with Gasteiger partial charge in [-0.15, -0.1) is 0 Å². The predicted octanol–water partition coefficient (Wildman–Crippen LogP) is 1.73. The molecule has 2 rings (SSSR count). The van der Waals surface area contributed by atoms with E-state index in [1.54, 1.807) is 11.8 Å². The third-order valence-electron chi connectivity index (χ3n) is 3.90. The van der Waals surface area contributed by atoms with E-state index in [9.17, 15) is 4.79 Å². The maximum atomic E-state index is 12.0. The van der Waals surface area contributed by atoms with Crippen LogP contribution < -0.4 is 5.32 Å². The van der Waals surface area contributed by atoms with E-state index in [0.717, 1.165) is 31.8 Å². The first-order chi connectivity index (χ1) is 8.20. The fourth-order valence-corrected chi connectivity index (χ4v) is 2.67. The minimum Gasteiger partial charge on any atom is -0.342 e. The van der Waals surface area contributed by atoms with Crippen molar-refractivity contribution in [3.05, 3.63) is 0 Å². The zero-order valence-corrected chi connectivity index (χ0v) is 11.8. The standard InChI is InChI=1S/C13H24N2OS/c1-10(17-2)13(16)15-7-5-12(6-8-15)14-9-11-3-4-11/h10-12,14H,3-9H2,1-2H3. The van der Waals surface area contributed by atoms with Crippen molar-refractivity contribution in [1.82, 2.24) is 10.2 Å². The highest BCUT2D eigenvalue weighted by Gasteiger charge is 2.27. The average molecular weight is 256 g/mol. The van der Waals surface area contributed by atoms with Crippen LogP contribution in [0.5, 0.6) is 0 Å². The van der Waals surface area contributed by atoms with E-state index in [0.29, 0.717) is 11.9 Å². The van der Waals surface area contributed by atoms with Crippen LogP contribution in [-0.4, -0.2) is 48.0 Å². The smallest absolute Gasteiger partial charge is 0.235 e. The van der Waals surface area contributed by atoms with Gasteiger partial charge < -0.3 is 10.2 Å². The molecule has 1 heterocycles. The zero-order valence-electron chi connectivity index (χ0n) is 10.9. The van der Waals surface area contributed by atoms with Crippen molar-refractivity contribution < 1.29 is 4.79 Å². The van der Waals surface area contributed by atoms with Crippen molar-refractivity contribution in [2.45, 2.75) is 43.9 Å². The number of rotatable bonds is 5. The summed E-state index contributed by atoms with van der Waals surface area (Å²) in [6, 6.07) is 0.643. The topological polar surface area (TPSA) is 32.3 Å². The molecule has 17 heavy (non-hydrogen) atoms. The van der Waals surface area contributed by atoms with E-state index in [-0.39, 0.29) is 5.25 Å². The number of thioether (sulfide) groups is 1. The first-order valence-corrected chi connectivity index (χ1v) is 8.04. The Kier molecular flexibility index (Phi) is 4.74. The number of amides is 1. The van der Waals surface area contributed by atoms with Crippen LogP contribution in [0.15, 0.2) is 0 Å². The molecule has 2 fully saturated rings. The second kappa shape index (κ2) is 6.10. The Hall–Kier alpha value is -0.220. The van der Waals surface area contributed by atoms with Crippen molar-refractivity contribution in [1.29, 1.82) is 0 Å². The molecule has 0 bridgehead atoms. The van der Waals surface area contributed by atoms with Crippen molar-refractivity contribution >= 4 is 17.7 Å². The lowest BCUT2D eigenvalue weighted by Crippen LogP contribution is -2.47. The summed E-state index contributed by atoms with van der Waals surface area (Å²) in [6.45, 7) is 5.07. The maximum Gasteiger partial charge on any atom is 0.235 e. The summed E-state index contributed by atoms with van der Waals surface area (Å²) >= 11 is 1.64. The number of carbonyl (C=O) groups excluding carboxylic acids is 1. The van der Waals surface area contributed by atoms with Crippen LogP contribution in [0.2, 0.25) is 0 Å². The molecule has 0 aromatic heterocycles. The van der Waals surface area contributed by atoms with Gasteiger partial charge in [0, 0.05) is 19.1 Å². The first kappa shape index (κ1) is 13.2. The molecule has 1 atom stereocenters. The largest absolute Gasteiger partial charge is 0.342 e. The number of hydrogen-bond acceptors (Lipinski definition) is 3. The minimum absolute atomic E-state index is 0.117. The molecule has 0 aromatic carbocycles. The van der Waals surface area contributed by atoms with E-state index in [1.807, 2.05) is 18.1 Å². The number of hydrogen-bond donors (Lipinski definition) is 1. The minimum atomic E-state index is 0.117. The average Bonchev–Trinajstić information content (AvgIpc) is 3.19. The summed E-state index contributed by atoms with van der Waals surface area (Å²) in [4.78, 5) is 14.0. The third-order valence-corrected chi connectivity index (χ3v) is 4.81. The molecule has 0 radical (unpaired) electrons. The second-order valence-corrected chi connectivity index (χ2v) is 6.51. The first-order valence-electron chi connectivity index (χ1n) is 6.75. The highest BCUT2D eigenvalue weighted by molar-refractivity contribution is 7.99. The van der Waals surface area contributed by atoms with Gasteiger partial charge >= 0.3 is 0 Å². The number of likely N-dealkylation sites (tertiary alicyclic amines) is 1. The molecule has 1 saturated heterocycles. The summed E-state index contributed by atoms with van der Waals surface area (Å²) in [5.41, 5.74) is 0. The summed E-state index contributed by atoms with van der Waals surface area (Å²) in [5, 5.41) is 3.76. The van der Waals surface area contributed by atoms with Crippen LogP contribution in [0, 0.1) is 5.92 Å². The lowest BCUT2D eigenvalue weighted by molar-refractivity contribution is -0.131. The Morgan fingerprint density at radius 1 is 1.35 bits per heavy atom. The van der Waals surface area contributed by atoms with Gasteiger partial charge in [-0.05, 0) is 51.3 Å². The zero-order chi connectivity index (χ0) is 12.3. The molecule has 1 unspecified atom stereocenters. The molecule has 98 valence electrons. The predicted molar refractivity (Wildman–Crippen MR) is 73.3 cm³/mol. The summed E-state index contributed by atoms with van der Waals surface area (Å²) < 4.78 is 0. The molecule has 3 nitrogen and oxygen atoms in total. The second-order valence-electron chi connectivity index (χ2n) is 5.33. The van der Waals surface area contributed by atoms with Crippen LogP contribution in [0.3, 0.4) is 0 Å². The molecule has 0 spiro atoms. The SMILES string of the molecule is CSC(C)C(=O)N1CCC(NCC2CC2)CC1. The molecule has 1 N–H and O–H groups in total. The van der Waals surface area contributed by atoms with Crippen molar-refractivity contribution in [3.63, 3.8) is 0 Å². The van der Waals surface area contributed by atoms with Crippen LogP contribution in [0.1, 0.15) is 32.6 Å². The summed E-state index contributed by atoms with van der Waals surface area (Å²) in [6.07, 6.45) is 7.08. The summed E-state index contributed by atoms with van der Waals surface area (Å²) in [7, 11) is 0. The van der Waals surface area contributed by atoms with E-state index >= 15 is 0 Å². The molecule has 1 aliphatic heterocycles. The molecular formula is C13H24N2OS. The van der Waals surface area contributed by atoms with Crippen molar-refractivity contribution in [2.24, 2.45) is 5.92 Å². The van der Waals surface area contributed by atoms with Gasteiger partial charge in [-0.2, -0.15) is 11.8 Å². The lowest BCUT2D eigenvalue weighted by atomic mass is 10.0. The van der Waals surface area contributed by atoms with E-state index in [4.69, 9.17) is 0 Å². The molecular weight excluding hydrogens is 232 g/mol. The highest BCUT2D eigenvalue weighted by atomic mass is 32.2. The van der Waals surface area contributed by atoms with Crippen LogP contribution >= 0.6 is 11.8 Å². The van der Waals surface area contributed by atoms with Gasteiger partial charge in [0.2, 0.25) is 5.91 Å². The molecule has 1 aliphatic carbocycles. The Bertz CT molecular complexity index is 260. The van der Waals surface area contributed by atoms with Crippen LogP contribution in [-0.2, 0) is 4.79 Å². The van der Waals surface area contributed by atoms with Gasteiger partial charge in [0.15, 0.2) is 0 Å². The van der Waals surface area contributed by atoms with Gasteiger partial charge in [0.25, 0.3) is 0 Å². The Morgan fingerprint density at radius 2 is 2.00 bits per heavy atom. The molecule has 1 saturated carbocycles. The third kappa shape index (κ3) is 3.88. The number of nitrogens with zero attached hydrogens (tertiary/aromatic N) is 1. The number of carbonyl (C=O) groups is 1. The monoisotopic (exact) mass is 256 g/mol. The quantitative estimate of drug-likeness (QED) is 0.813. The van der Waals surface area contributed by atoms with Crippen LogP contribution in [0.4, 0.5) is 0 Å². The van der Waals surface area contributed by atoms with Crippen molar-refractivity contribution in [3.8, 4) is 0 Å². The molecule has 2 aliphatic rings. The Labute approximate surface area is 109 Å². The molecule has 1 amide bonds. The maximum absolute atomic E-state index is 12.0. The van der Waals surface area contributed by atoms with Crippen molar-refractivity contribution in [2.75, 3.05) is 25.9 Å². The fourth-order valence-electron chi connectivity index (χ4n) is 2.32. The Morgan fingerprint density at radius 3 is 2.53 bits per heavy atom. The van der Waals surface area contributed by atoms with E-state index in [2.05, 4.69) is 5.32 Å². The van der Waals surface area contributed by atoms with Gasteiger partial charge in [0.05, 0.1) is 5.25 Å². The van der Waals surface area contributed by atoms with Gasteiger partial charge in [-0.3, -0.25) is 4.79 Å². The van der Waals surface area contributed by atoms with Gasteiger partial charge in [0.1, 0.15) is 0 Å². The van der Waals surface area contributed by atoms with Gasteiger partial charge in [-0.1, -0.05) is 0 Å².